The van der Waals surface area contributed by atoms with Gasteiger partial charge in [0.2, 0.25) is 0 Å². The third kappa shape index (κ3) is 3.40. The minimum atomic E-state index is -1.19. The van der Waals surface area contributed by atoms with Gasteiger partial charge in [-0.05, 0) is 36.1 Å². The van der Waals surface area contributed by atoms with Crippen LogP contribution in [0.5, 0.6) is 0 Å². The van der Waals surface area contributed by atoms with Crippen molar-refractivity contribution in [3.05, 3.63) is 59.7 Å². The van der Waals surface area contributed by atoms with Gasteiger partial charge in [-0.2, -0.15) is 0 Å². The van der Waals surface area contributed by atoms with E-state index in [1.165, 1.54) is 19.3 Å². The summed E-state index contributed by atoms with van der Waals surface area (Å²) in [5, 5.41) is 2.99. The fourth-order valence-corrected chi connectivity index (χ4v) is 5.44. The number of carbonyl (C=O) groups excluding carboxylic acids is 1. The van der Waals surface area contributed by atoms with E-state index in [4.69, 9.17) is 4.74 Å². The van der Waals surface area contributed by atoms with E-state index >= 15 is 0 Å². The van der Waals surface area contributed by atoms with Crippen LogP contribution in [0.1, 0.15) is 49.1 Å². The van der Waals surface area contributed by atoms with Crippen LogP contribution in [-0.2, 0) is 15.5 Å². The summed E-state index contributed by atoms with van der Waals surface area (Å²) < 4.78 is 18.4. The molecule has 1 N–H and O–H groups in total. The lowest BCUT2D eigenvalue weighted by Crippen LogP contribution is -2.37. The Morgan fingerprint density at radius 2 is 1.54 bits per heavy atom. The Kier molecular flexibility index (Phi) is 5.07. The molecule has 26 heavy (non-hydrogen) atoms. The van der Waals surface area contributed by atoms with E-state index in [9.17, 15) is 9.00 Å². The van der Waals surface area contributed by atoms with Gasteiger partial charge in [0.15, 0.2) is 0 Å². The molecule has 0 aromatic heterocycles. The molecule has 0 atom stereocenters. The summed E-state index contributed by atoms with van der Waals surface area (Å²) >= 11 is 0. The fraction of sp³-hybridized carbons (Fsp3) is 0.381. The average Bonchev–Trinajstić information content (AvgIpc) is 2.69. The Bertz CT molecular complexity index is 780. The number of benzene rings is 2. The molecule has 1 amide bonds. The van der Waals surface area contributed by atoms with Gasteiger partial charge in [-0.25, -0.2) is 9.00 Å². The first kappa shape index (κ1) is 17.3. The Hall–Kier alpha value is -2.14. The second kappa shape index (κ2) is 7.62. The minimum Gasteiger partial charge on any atom is -0.449 e. The van der Waals surface area contributed by atoms with Gasteiger partial charge in [0.25, 0.3) is 0 Å². The van der Waals surface area contributed by atoms with Gasteiger partial charge in [-0.15, -0.1) is 0 Å². The number of hydrogen-bond donors (Lipinski definition) is 1. The predicted octanol–water partition coefficient (Wildman–Crippen LogP) is 4.36. The molecule has 5 heteroatoms. The van der Waals surface area contributed by atoms with Crippen molar-refractivity contribution < 1.29 is 13.7 Å². The van der Waals surface area contributed by atoms with E-state index in [0.717, 1.165) is 33.8 Å². The smallest absolute Gasteiger partial charge is 0.407 e. The molecule has 1 aliphatic carbocycles. The number of rotatable bonds is 3. The van der Waals surface area contributed by atoms with Crippen molar-refractivity contribution in [1.29, 1.82) is 0 Å². The summed E-state index contributed by atoms with van der Waals surface area (Å²) in [4.78, 5) is 13.9. The molecule has 1 aliphatic heterocycles. The van der Waals surface area contributed by atoms with Crippen molar-refractivity contribution in [2.75, 3.05) is 6.61 Å². The molecule has 0 unspecified atom stereocenters. The van der Waals surface area contributed by atoms with Crippen molar-refractivity contribution in [2.24, 2.45) is 0 Å². The highest BCUT2D eigenvalue weighted by atomic mass is 32.2. The maximum absolute atomic E-state index is 12.8. The number of alkyl carbamates (subject to hydrolysis) is 1. The standard InChI is InChI=1S/C21H23NO3S/c23-21(22-15-8-2-1-3-9-15)25-14-18-16-10-4-6-12-19(16)26(24)20-13-7-5-11-17(18)20/h4-7,10-13,15,18H,1-3,8-9,14H2,(H,22,23). The van der Waals surface area contributed by atoms with Crippen LogP contribution in [0.15, 0.2) is 58.3 Å². The molecule has 0 radical (unpaired) electrons. The monoisotopic (exact) mass is 369 g/mol. The van der Waals surface area contributed by atoms with E-state index in [0.29, 0.717) is 0 Å². The zero-order valence-electron chi connectivity index (χ0n) is 14.6. The summed E-state index contributed by atoms with van der Waals surface area (Å²) in [5.41, 5.74) is 1.96. The summed E-state index contributed by atoms with van der Waals surface area (Å²) in [6.45, 7) is 0.254. The van der Waals surface area contributed by atoms with Gasteiger partial charge in [-0.3, -0.25) is 0 Å². The van der Waals surface area contributed by atoms with Crippen LogP contribution in [0.4, 0.5) is 4.79 Å². The lowest BCUT2D eigenvalue weighted by atomic mass is 9.91. The summed E-state index contributed by atoms with van der Waals surface area (Å²) in [7, 11) is -1.19. The first-order chi connectivity index (χ1) is 12.7. The van der Waals surface area contributed by atoms with E-state index in [1.54, 1.807) is 0 Å². The Morgan fingerprint density at radius 3 is 2.15 bits per heavy atom. The normalized spacial score (nSPS) is 22.2. The van der Waals surface area contributed by atoms with Crippen LogP contribution in [0.2, 0.25) is 0 Å². The highest BCUT2D eigenvalue weighted by molar-refractivity contribution is 7.85. The highest BCUT2D eigenvalue weighted by Crippen LogP contribution is 2.39. The Morgan fingerprint density at radius 1 is 0.962 bits per heavy atom. The zero-order chi connectivity index (χ0) is 17.9. The van der Waals surface area contributed by atoms with E-state index in [1.807, 2.05) is 48.5 Å². The molecule has 4 nitrogen and oxygen atoms in total. The number of amides is 1. The van der Waals surface area contributed by atoms with E-state index in [2.05, 4.69) is 5.32 Å². The Labute approximate surface area is 156 Å². The molecule has 0 bridgehead atoms. The van der Waals surface area contributed by atoms with Gasteiger partial charge in [0.05, 0.1) is 10.8 Å². The maximum atomic E-state index is 12.8. The number of ether oxygens (including phenoxy) is 1. The molecule has 0 saturated heterocycles. The van der Waals surface area contributed by atoms with Crippen molar-refractivity contribution in [3.63, 3.8) is 0 Å². The van der Waals surface area contributed by atoms with Crippen LogP contribution in [-0.4, -0.2) is 23.0 Å². The van der Waals surface area contributed by atoms with Crippen molar-refractivity contribution >= 4 is 16.9 Å². The number of fused-ring (bicyclic) bond motifs is 2. The molecule has 0 spiro atoms. The molecular formula is C21H23NO3S. The molecule has 1 heterocycles. The molecule has 1 fully saturated rings. The van der Waals surface area contributed by atoms with Gasteiger partial charge >= 0.3 is 6.09 Å². The molecule has 4 rings (SSSR count). The topological polar surface area (TPSA) is 55.4 Å². The first-order valence-electron chi connectivity index (χ1n) is 9.27. The molecule has 1 saturated carbocycles. The van der Waals surface area contributed by atoms with Gasteiger partial charge in [-0.1, -0.05) is 55.7 Å². The van der Waals surface area contributed by atoms with Crippen LogP contribution < -0.4 is 5.32 Å². The third-order valence-corrected chi connectivity index (χ3v) is 6.84. The average molecular weight is 369 g/mol. The van der Waals surface area contributed by atoms with Crippen molar-refractivity contribution in [1.82, 2.24) is 5.32 Å². The lowest BCUT2D eigenvalue weighted by molar-refractivity contribution is 0.135. The zero-order valence-corrected chi connectivity index (χ0v) is 15.5. The number of carbonyl (C=O) groups is 1. The summed E-state index contributed by atoms with van der Waals surface area (Å²) in [5.74, 6) is -0.0859. The molecule has 2 aromatic rings. The predicted molar refractivity (Wildman–Crippen MR) is 101 cm³/mol. The molecule has 136 valence electrons. The van der Waals surface area contributed by atoms with Crippen LogP contribution in [0.3, 0.4) is 0 Å². The first-order valence-corrected chi connectivity index (χ1v) is 10.4. The number of nitrogens with one attached hydrogen (secondary N) is 1. The highest BCUT2D eigenvalue weighted by Gasteiger charge is 2.31. The SMILES string of the molecule is O=C(NC1CCCCC1)OCC1c2ccccc2S(=O)c2ccccc21. The quantitative estimate of drug-likeness (QED) is 0.875. The minimum absolute atomic E-state index is 0.0859. The maximum Gasteiger partial charge on any atom is 0.407 e. The van der Waals surface area contributed by atoms with E-state index in [-0.39, 0.29) is 24.7 Å². The third-order valence-electron chi connectivity index (χ3n) is 5.30. The van der Waals surface area contributed by atoms with Gasteiger partial charge in [0, 0.05) is 21.8 Å². The van der Waals surface area contributed by atoms with Gasteiger partial charge in [0.1, 0.15) is 6.61 Å². The second-order valence-electron chi connectivity index (χ2n) is 6.97. The lowest BCUT2D eigenvalue weighted by Gasteiger charge is -2.28. The largest absolute Gasteiger partial charge is 0.449 e. The number of hydrogen-bond acceptors (Lipinski definition) is 3. The summed E-state index contributed by atoms with van der Waals surface area (Å²) in [6, 6.07) is 15.7. The second-order valence-corrected chi connectivity index (χ2v) is 8.39. The van der Waals surface area contributed by atoms with Crippen molar-refractivity contribution in [3.8, 4) is 0 Å². The van der Waals surface area contributed by atoms with Gasteiger partial charge < -0.3 is 10.1 Å². The van der Waals surface area contributed by atoms with Crippen LogP contribution in [0.25, 0.3) is 0 Å². The fourth-order valence-electron chi connectivity index (χ4n) is 3.95. The summed E-state index contributed by atoms with van der Waals surface area (Å²) in [6.07, 6.45) is 5.30. The molecule has 2 aliphatic rings. The Balaban J connectivity index is 1.52. The van der Waals surface area contributed by atoms with Crippen LogP contribution in [0, 0.1) is 0 Å². The van der Waals surface area contributed by atoms with Crippen molar-refractivity contribution in [2.45, 2.75) is 53.9 Å². The van der Waals surface area contributed by atoms with Crippen LogP contribution >= 0.6 is 0 Å². The molecule has 2 aromatic carbocycles. The molecular weight excluding hydrogens is 346 g/mol. The van der Waals surface area contributed by atoms with E-state index < -0.39 is 10.8 Å².